The minimum atomic E-state index is -9.42. The van der Waals surface area contributed by atoms with Crippen LogP contribution in [0.15, 0.2) is 0 Å². The molecule has 0 fully saturated rings. The van der Waals surface area contributed by atoms with Gasteiger partial charge < -0.3 is 11.0 Å². The average molecular weight is 1260 g/mol. The van der Waals surface area contributed by atoms with Crippen molar-refractivity contribution in [2.45, 2.75) is 108 Å². The number of hydrogen-bond acceptors (Lipinski definition) is 8. The number of hydrogen-bond donors (Lipinski definition) is 2. The summed E-state index contributed by atoms with van der Waals surface area (Å²) >= 11 is 0. The summed E-state index contributed by atoms with van der Waals surface area (Å²) in [5.74, 6) is -110. The quantitative estimate of drug-likeness (QED) is 0.0488. The Balaban J connectivity index is 0. The SMILES string of the molecule is CC[N+](F)(CCOP(=O)(O)OCC[N+](F)(CC)S(=O)(=O)C(F)(F)C(F)(F)C(F)(F)C(F)(F)C(F)(F)C(F)(F)C(F)(F)C(F)(F)F)S(=O)(=O)C(F)(F)C(F)(F)C(F)(F)C(F)(F)C(F)(F)C(F)(F)C(F)(F)C(F)(F)F.N. The second-order valence-corrected chi connectivity index (χ2v) is 19.4. The molecule has 0 aliphatic carbocycles. The van der Waals surface area contributed by atoms with Gasteiger partial charge in [0.1, 0.15) is 26.3 Å². The topological polar surface area (TPSA) is 159 Å². The van der Waals surface area contributed by atoms with Gasteiger partial charge in [-0.2, -0.15) is 166 Å². The van der Waals surface area contributed by atoms with Gasteiger partial charge in [-0.3, -0.25) is 9.05 Å². The van der Waals surface area contributed by atoms with Gasteiger partial charge in [0.25, 0.3) is 0 Å². The first-order valence-corrected chi connectivity index (χ1v) is 21.1. The number of phosphoric ester groups is 1. The van der Waals surface area contributed by atoms with Crippen LogP contribution < -0.4 is 6.15 Å². The van der Waals surface area contributed by atoms with E-state index in [-0.39, 0.29) is 20.0 Å². The predicted octanol–water partition coefficient (Wildman–Crippen LogP) is 11.3. The maximum absolute atomic E-state index is 15.3. The Hall–Kier alpha value is -2.63. The average Bonchev–Trinajstić information content (AvgIpc) is 3.18. The monoisotopic (exact) mass is 1260 g/mol. The highest BCUT2D eigenvalue weighted by Crippen LogP contribution is 2.67. The van der Waals surface area contributed by atoms with E-state index in [2.05, 4.69) is 9.05 Å². The number of quaternary nitrogens is 2. The molecule has 0 amide bonds. The molecule has 4 N–H and O–H groups in total. The van der Waals surface area contributed by atoms with Crippen molar-refractivity contribution >= 4 is 27.9 Å². The highest BCUT2D eigenvalue weighted by molar-refractivity contribution is 7.87. The van der Waals surface area contributed by atoms with Crippen molar-refractivity contribution in [3.05, 3.63) is 0 Å². The number of sulfonamides is 2. The fraction of sp³-hybridized carbons (Fsp3) is 1.00. The number of likely N-dealkylation sites (N-methyl/N-ethyl adjacent to an activating group) is 2. The number of nitrogens with zero attached hydrogens (tertiary/aromatic N) is 2. The third-order valence-electron chi connectivity index (χ3n) is 9.20. The van der Waals surface area contributed by atoms with E-state index in [0.717, 1.165) is 0 Å². The van der Waals surface area contributed by atoms with Crippen molar-refractivity contribution in [1.82, 2.24) is 6.15 Å². The van der Waals surface area contributed by atoms with Crippen LogP contribution in [0.5, 0.6) is 0 Å². The molecule has 50 heteroatoms. The van der Waals surface area contributed by atoms with Gasteiger partial charge in [0.2, 0.25) is 0 Å². The Labute approximate surface area is 383 Å². The van der Waals surface area contributed by atoms with Gasteiger partial charge in [0.15, 0.2) is 13.1 Å². The molecule has 448 valence electrons. The largest absolute Gasteiger partial charge is 0.472 e. The van der Waals surface area contributed by atoms with Gasteiger partial charge in [0.05, 0.1) is 0 Å². The third-order valence-corrected chi connectivity index (χ3v) is 14.6. The van der Waals surface area contributed by atoms with Crippen LogP contribution in [0.3, 0.4) is 0 Å². The van der Waals surface area contributed by atoms with E-state index in [9.17, 15) is 176 Å². The minimum Gasteiger partial charge on any atom is -0.344 e. The molecule has 2 atom stereocenters. The summed E-state index contributed by atoms with van der Waals surface area (Å²) in [5.41, 5.74) is 0. The molecule has 2 unspecified atom stereocenters. The fourth-order valence-corrected chi connectivity index (χ4v) is 8.29. The second kappa shape index (κ2) is 19.6. The van der Waals surface area contributed by atoms with Crippen LogP contribution >= 0.6 is 7.82 Å². The molecule has 0 aliphatic rings. The van der Waals surface area contributed by atoms with Crippen LogP contribution in [0, 0.1) is 0 Å². The van der Waals surface area contributed by atoms with E-state index in [1.807, 2.05) is 0 Å². The molecule has 74 heavy (non-hydrogen) atoms. The lowest BCUT2D eigenvalue weighted by Gasteiger charge is -2.42. The van der Waals surface area contributed by atoms with E-state index >= 15 is 8.96 Å². The van der Waals surface area contributed by atoms with Crippen molar-refractivity contribution in [1.29, 1.82) is 0 Å². The first kappa shape index (κ1) is 73.4. The summed E-state index contributed by atoms with van der Waals surface area (Å²) in [6, 6.07) is 0. The van der Waals surface area contributed by atoms with Crippen molar-refractivity contribution in [2.24, 2.45) is 0 Å². The summed E-state index contributed by atoms with van der Waals surface area (Å²) < 4.78 is 551. The second-order valence-electron chi connectivity index (χ2n) is 13.7. The van der Waals surface area contributed by atoms with Crippen LogP contribution in [-0.2, 0) is 33.7 Å². The highest BCUT2D eigenvalue weighted by atomic mass is 32.2. The molecule has 0 aromatic rings. The molecule has 0 rings (SSSR count). The van der Waals surface area contributed by atoms with Gasteiger partial charge in [0, 0.05) is 8.96 Å². The van der Waals surface area contributed by atoms with E-state index in [1.54, 1.807) is 0 Å². The van der Waals surface area contributed by atoms with Crippen LogP contribution in [0.4, 0.5) is 158 Å². The molecule has 0 radical (unpaired) electrons. The lowest BCUT2D eigenvalue weighted by Crippen LogP contribution is -2.75. The van der Waals surface area contributed by atoms with Crippen molar-refractivity contribution in [3.8, 4) is 0 Å². The van der Waals surface area contributed by atoms with E-state index < -0.39 is 169 Å². The van der Waals surface area contributed by atoms with Crippen LogP contribution in [0.25, 0.3) is 0 Å². The zero-order valence-electron chi connectivity index (χ0n) is 34.0. The smallest absolute Gasteiger partial charge is 0.344 e. The van der Waals surface area contributed by atoms with Gasteiger partial charge >= 0.3 is 122 Å². The Kier molecular flexibility index (Phi) is 19.5. The molecule has 0 saturated heterocycles. The Morgan fingerprint density at radius 3 is 0.689 bits per heavy atom. The molecular weight excluding hydrogens is 1240 g/mol. The Morgan fingerprint density at radius 1 is 0.365 bits per heavy atom. The molecule has 0 bridgehead atoms. The lowest BCUT2D eigenvalue weighted by atomic mass is 9.91. The lowest BCUT2D eigenvalue weighted by molar-refractivity contribution is -0.950. The van der Waals surface area contributed by atoms with Crippen molar-refractivity contribution in [3.63, 3.8) is 0 Å². The van der Waals surface area contributed by atoms with Gasteiger partial charge in [-0.25, -0.2) is 4.57 Å². The van der Waals surface area contributed by atoms with Crippen molar-refractivity contribution in [2.75, 3.05) is 39.4 Å². The van der Waals surface area contributed by atoms with Gasteiger partial charge in [-0.1, -0.05) is 0 Å². The first-order chi connectivity index (χ1) is 31.0. The molecule has 0 heterocycles. The van der Waals surface area contributed by atoms with Crippen LogP contribution in [0.1, 0.15) is 13.8 Å². The molecule has 0 aromatic heterocycles. The summed E-state index contributed by atoms with van der Waals surface area (Å²) in [6.45, 7) is -17.6. The summed E-state index contributed by atoms with van der Waals surface area (Å²) in [6.07, 6.45) is -16.4. The number of alkyl halides is 34. The van der Waals surface area contributed by atoms with Crippen molar-refractivity contribution < 1.29 is 202 Å². The van der Waals surface area contributed by atoms with E-state index in [0.29, 0.717) is 0 Å². The molecular formula is C24H22F36N3O8PS2+2. The zero-order chi connectivity index (χ0) is 60.2. The molecule has 11 nitrogen and oxygen atoms in total. The standard InChI is InChI=1S/C24H18F36N2O8PS2.H3N/c1-3-61(59,72(65,66)23(55,56)19(45,46)15(37,38)11(29,30)9(25,26)13(33,34)17(41,42)21(49,50)51)5-7-69-71(63,64)70-8-6-62(60,4-2)73(67,68)24(57,58)20(47,48)16(39,40)12(31,32)10(27,28)14(35,36)18(43,44)22(52,53)54;/h3-8H2,1-2H3;1H3/q+1;/p+1. The van der Waals surface area contributed by atoms with E-state index in [4.69, 9.17) is 0 Å². The maximum atomic E-state index is 15.3. The Bertz CT molecular complexity index is 2120. The van der Waals surface area contributed by atoms with Crippen LogP contribution in [0.2, 0.25) is 0 Å². The Morgan fingerprint density at radius 2 is 0.527 bits per heavy atom. The zero-order valence-corrected chi connectivity index (χ0v) is 36.5. The molecule has 0 spiro atoms. The number of rotatable bonds is 26. The third kappa shape index (κ3) is 9.86. The summed E-state index contributed by atoms with van der Waals surface area (Å²) in [7, 11) is -24.4. The number of halogens is 36. The minimum absolute atomic E-state index is 0. The molecule has 0 aromatic carbocycles. The van der Waals surface area contributed by atoms with Gasteiger partial charge in [-0.15, -0.1) is 0 Å². The van der Waals surface area contributed by atoms with Crippen LogP contribution in [-0.4, -0.2) is 163 Å². The van der Waals surface area contributed by atoms with E-state index in [1.165, 1.54) is 0 Å². The molecule has 0 saturated carbocycles. The molecule has 0 aliphatic heterocycles. The maximum Gasteiger partial charge on any atom is 0.472 e. The normalized spacial score (nSPS) is 18.6. The summed E-state index contributed by atoms with van der Waals surface area (Å²) in [5, 5.41) is -17.2. The fourth-order valence-electron chi connectivity index (χ4n) is 4.55. The summed E-state index contributed by atoms with van der Waals surface area (Å²) in [4.78, 5) is 9.47. The number of phosphoric acid groups is 1. The highest BCUT2D eigenvalue weighted by Gasteiger charge is 2.99. The first-order valence-electron chi connectivity index (χ1n) is 16.7. The predicted molar refractivity (Wildman–Crippen MR) is 160 cm³/mol. The van der Waals surface area contributed by atoms with Gasteiger partial charge in [-0.05, 0) is 22.1 Å².